The lowest BCUT2D eigenvalue weighted by Crippen LogP contribution is -2.20. The summed E-state index contributed by atoms with van der Waals surface area (Å²) in [7, 11) is 0. The van der Waals surface area contributed by atoms with E-state index in [0.717, 1.165) is 5.82 Å². The van der Waals surface area contributed by atoms with Crippen LogP contribution in [-0.4, -0.2) is 29.9 Å². The second kappa shape index (κ2) is 4.65. The summed E-state index contributed by atoms with van der Waals surface area (Å²) in [4.78, 5) is 26.8. The summed E-state index contributed by atoms with van der Waals surface area (Å²) in [6, 6.07) is 1.31. The largest absolute Gasteiger partial charge is 0.423 e. The average Bonchev–Trinajstić information content (AvgIpc) is 2.94. The molecule has 0 spiro atoms. The minimum atomic E-state index is -0.558. The van der Waals surface area contributed by atoms with E-state index in [1.807, 2.05) is 0 Å². The molecule has 20 heavy (non-hydrogen) atoms. The van der Waals surface area contributed by atoms with Gasteiger partial charge in [0.2, 0.25) is 0 Å². The van der Waals surface area contributed by atoms with E-state index in [1.54, 1.807) is 19.3 Å². The van der Waals surface area contributed by atoms with Gasteiger partial charge in [-0.25, -0.2) is 15.0 Å². The molecule has 0 saturated heterocycles. The number of nitrogens with zero attached hydrogens (tertiary/aromatic N) is 4. The van der Waals surface area contributed by atoms with Crippen molar-refractivity contribution in [3.63, 3.8) is 0 Å². The molecule has 3 N–H and O–H groups in total. The van der Waals surface area contributed by atoms with Crippen LogP contribution in [0.5, 0.6) is 0 Å². The number of fused-ring (bicyclic) bond motifs is 1. The van der Waals surface area contributed by atoms with Gasteiger partial charge in [-0.2, -0.15) is 0 Å². The molecule has 8 nitrogen and oxygen atoms in total. The standard InChI is InChI=1S/C12H12N6O2/c1-7-11-8(15-5-9-13-2-3-14-9)4-10(19)18(20)12(11)17-6-16-7/h2-4,6,15,20H,5H2,1H3,(H,13,14). The van der Waals surface area contributed by atoms with Crippen molar-refractivity contribution in [2.45, 2.75) is 13.5 Å². The highest BCUT2D eigenvalue weighted by Crippen LogP contribution is 2.21. The van der Waals surface area contributed by atoms with E-state index in [0.29, 0.717) is 28.0 Å². The number of H-pyrrole nitrogens is 1. The number of aryl methyl sites for hydroxylation is 1. The molecule has 0 unspecified atom stereocenters. The number of imidazole rings is 1. The second-order valence-electron chi connectivity index (χ2n) is 4.26. The van der Waals surface area contributed by atoms with Crippen LogP contribution in [0, 0.1) is 6.92 Å². The SMILES string of the molecule is Cc1ncnc2c1c(NCc1ncc[nH]1)cc(=O)n2O. The average molecular weight is 272 g/mol. The first-order chi connectivity index (χ1) is 9.66. The Balaban J connectivity index is 2.10. The third-order valence-corrected chi connectivity index (χ3v) is 2.96. The van der Waals surface area contributed by atoms with Crippen LogP contribution in [0.25, 0.3) is 11.0 Å². The number of rotatable bonds is 3. The Kier molecular flexibility index (Phi) is 2.82. The number of aromatic nitrogens is 5. The predicted molar refractivity (Wildman–Crippen MR) is 71.6 cm³/mol. The highest BCUT2D eigenvalue weighted by Gasteiger charge is 2.12. The smallest absolute Gasteiger partial charge is 0.286 e. The van der Waals surface area contributed by atoms with E-state index in [2.05, 4.69) is 25.3 Å². The van der Waals surface area contributed by atoms with Gasteiger partial charge >= 0.3 is 0 Å². The second-order valence-corrected chi connectivity index (χ2v) is 4.26. The summed E-state index contributed by atoms with van der Waals surface area (Å²) in [5.41, 5.74) is 0.842. The van der Waals surface area contributed by atoms with Crippen molar-refractivity contribution >= 4 is 16.7 Å². The molecule has 0 fully saturated rings. The molecule has 8 heteroatoms. The minimum Gasteiger partial charge on any atom is -0.423 e. The topological polar surface area (TPSA) is 109 Å². The van der Waals surface area contributed by atoms with Gasteiger partial charge in [0, 0.05) is 18.5 Å². The Bertz CT molecular complexity index is 809. The Hall–Kier alpha value is -2.90. The molecular formula is C12H12N6O2. The lowest BCUT2D eigenvalue weighted by atomic mass is 10.2. The van der Waals surface area contributed by atoms with E-state index >= 15 is 0 Å². The van der Waals surface area contributed by atoms with Crippen LogP contribution in [-0.2, 0) is 6.54 Å². The third kappa shape index (κ3) is 1.96. The number of pyridine rings is 1. The molecule has 3 heterocycles. The fourth-order valence-electron chi connectivity index (χ4n) is 2.01. The maximum absolute atomic E-state index is 11.7. The van der Waals surface area contributed by atoms with Crippen LogP contribution in [0.4, 0.5) is 5.69 Å². The van der Waals surface area contributed by atoms with E-state index in [-0.39, 0.29) is 5.65 Å². The first-order valence-electron chi connectivity index (χ1n) is 5.95. The molecule has 3 rings (SSSR count). The summed E-state index contributed by atoms with van der Waals surface area (Å²) < 4.78 is 0.516. The Labute approximate surface area is 113 Å². The normalized spacial score (nSPS) is 10.8. The molecule has 0 saturated carbocycles. The maximum atomic E-state index is 11.7. The van der Waals surface area contributed by atoms with Crippen LogP contribution in [0.1, 0.15) is 11.5 Å². The van der Waals surface area contributed by atoms with Gasteiger partial charge in [0.1, 0.15) is 12.2 Å². The van der Waals surface area contributed by atoms with Gasteiger partial charge in [0.05, 0.1) is 23.3 Å². The molecule has 0 aliphatic heterocycles. The highest BCUT2D eigenvalue weighted by atomic mass is 16.5. The van der Waals surface area contributed by atoms with Crippen molar-refractivity contribution in [2.24, 2.45) is 0 Å². The summed E-state index contributed by atoms with van der Waals surface area (Å²) in [6.07, 6.45) is 4.67. The molecule has 102 valence electrons. The quantitative estimate of drug-likeness (QED) is 0.605. The molecule has 0 aliphatic carbocycles. The molecule has 0 aliphatic rings. The summed E-state index contributed by atoms with van der Waals surface area (Å²) >= 11 is 0. The van der Waals surface area contributed by atoms with Crippen molar-refractivity contribution in [3.8, 4) is 0 Å². The maximum Gasteiger partial charge on any atom is 0.286 e. The lowest BCUT2D eigenvalue weighted by Gasteiger charge is -2.11. The Morgan fingerprint density at radius 1 is 1.40 bits per heavy atom. The molecule has 0 aromatic carbocycles. The molecule has 0 bridgehead atoms. The van der Waals surface area contributed by atoms with Crippen LogP contribution >= 0.6 is 0 Å². The van der Waals surface area contributed by atoms with Crippen LogP contribution in [0.2, 0.25) is 0 Å². The van der Waals surface area contributed by atoms with Crippen LogP contribution in [0.3, 0.4) is 0 Å². The predicted octanol–water partition coefficient (Wildman–Crippen LogP) is 0.672. The van der Waals surface area contributed by atoms with Crippen LogP contribution in [0.15, 0.2) is 29.6 Å². The monoisotopic (exact) mass is 272 g/mol. The molecule has 0 amide bonds. The van der Waals surface area contributed by atoms with Crippen molar-refractivity contribution in [2.75, 3.05) is 5.32 Å². The zero-order valence-electron chi connectivity index (χ0n) is 10.7. The van der Waals surface area contributed by atoms with Crippen molar-refractivity contribution in [1.29, 1.82) is 0 Å². The van der Waals surface area contributed by atoms with E-state index in [4.69, 9.17) is 0 Å². The Morgan fingerprint density at radius 2 is 2.25 bits per heavy atom. The van der Waals surface area contributed by atoms with E-state index in [1.165, 1.54) is 12.4 Å². The zero-order valence-corrected chi connectivity index (χ0v) is 10.7. The Morgan fingerprint density at radius 3 is 3.00 bits per heavy atom. The molecule has 3 aromatic rings. The fourth-order valence-corrected chi connectivity index (χ4v) is 2.01. The van der Waals surface area contributed by atoms with Gasteiger partial charge in [0.25, 0.3) is 5.56 Å². The molecule has 0 atom stereocenters. The van der Waals surface area contributed by atoms with Gasteiger partial charge in [0.15, 0.2) is 5.65 Å². The number of hydrogen-bond donors (Lipinski definition) is 3. The summed E-state index contributed by atoms with van der Waals surface area (Å²) in [6.45, 7) is 2.21. The van der Waals surface area contributed by atoms with Gasteiger partial charge in [-0.15, -0.1) is 4.73 Å². The van der Waals surface area contributed by atoms with Crippen LogP contribution < -0.4 is 10.9 Å². The van der Waals surface area contributed by atoms with Gasteiger partial charge in [-0.1, -0.05) is 0 Å². The minimum absolute atomic E-state index is 0.173. The first-order valence-corrected chi connectivity index (χ1v) is 5.95. The summed E-state index contributed by atoms with van der Waals surface area (Å²) in [5, 5.41) is 13.4. The number of nitrogens with one attached hydrogen (secondary N) is 2. The van der Waals surface area contributed by atoms with E-state index in [9.17, 15) is 10.0 Å². The third-order valence-electron chi connectivity index (χ3n) is 2.96. The molecule has 0 radical (unpaired) electrons. The van der Waals surface area contributed by atoms with Crippen molar-refractivity contribution in [3.05, 3.63) is 46.7 Å². The van der Waals surface area contributed by atoms with Crippen molar-refractivity contribution in [1.82, 2.24) is 24.7 Å². The number of aromatic amines is 1. The van der Waals surface area contributed by atoms with Crippen molar-refractivity contribution < 1.29 is 5.21 Å². The van der Waals surface area contributed by atoms with E-state index < -0.39 is 5.56 Å². The van der Waals surface area contributed by atoms with Gasteiger partial charge in [-0.3, -0.25) is 4.79 Å². The van der Waals surface area contributed by atoms with Gasteiger partial charge in [-0.05, 0) is 6.92 Å². The zero-order chi connectivity index (χ0) is 14.1. The number of anilines is 1. The van der Waals surface area contributed by atoms with Gasteiger partial charge < -0.3 is 15.5 Å². The summed E-state index contributed by atoms with van der Waals surface area (Å²) in [5.74, 6) is 0.737. The fraction of sp³-hybridized carbons (Fsp3) is 0.167. The lowest BCUT2D eigenvalue weighted by molar-refractivity contribution is 0.186. The molecular weight excluding hydrogens is 260 g/mol. The number of hydrogen-bond acceptors (Lipinski definition) is 6. The highest BCUT2D eigenvalue weighted by molar-refractivity contribution is 5.90. The molecule has 3 aromatic heterocycles. The first kappa shape index (κ1) is 12.2.